The van der Waals surface area contributed by atoms with Crippen molar-refractivity contribution in [1.29, 1.82) is 0 Å². The molecule has 3 rings (SSSR count). The molecule has 3 aliphatic rings. The summed E-state index contributed by atoms with van der Waals surface area (Å²) in [6.45, 7) is 8.59. The van der Waals surface area contributed by atoms with Gasteiger partial charge in [-0.25, -0.2) is 0 Å². The van der Waals surface area contributed by atoms with E-state index in [1.807, 2.05) is 0 Å². The molecule has 182 valence electrons. The normalized spacial score (nSPS) is 44.6. The lowest BCUT2D eigenvalue weighted by atomic mass is 9.55. The van der Waals surface area contributed by atoms with Crippen molar-refractivity contribution in [2.75, 3.05) is 0 Å². The van der Waals surface area contributed by atoms with Crippen LogP contribution in [0.1, 0.15) is 54.4 Å². The molecule has 1 heterocycles. The lowest BCUT2D eigenvalue weighted by Gasteiger charge is -2.54. The van der Waals surface area contributed by atoms with Gasteiger partial charge in [0.1, 0.15) is 17.8 Å². The van der Waals surface area contributed by atoms with Gasteiger partial charge in [-0.05, 0) is 45.8 Å². The first-order chi connectivity index (χ1) is 15.2. The van der Waals surface area contributed by atoms with Gasteiger partial charge in [0.25, 0.3) is 0 Å². The number of ether oxygens (including phenoxy) is 3. The molecule has 33 heavy (non-hydrogen) atoms. The molecular weight excluding hydrogens is 432 g/mol. The van der Waals surface area contributed by atoms with Crippen LogP contribution in [0, 0.1) is 17.3 Å². The fourth-order valence-corrected chi connectivity index (χ4v) is 5.55. The number of rotatable bonds is 2. The molecule has 1 saturated heterocycles. The Hall–Kier alpha value is -2.52. The van der Waals surface area contributed by atoms with Crippen LogP contribution in [0.2, 0.25) is 0 Å². The minimum absolute atomic E-state index is 0.324. The smallest absolute Gasteiger partial charge is 0.312 e. The molecule has 0 aromatic heterocycles. The van der Waals surface area contributed by atoms with Gasteiger partial charge in [0, 0.05) is 25.2 Å². The van der Waals surface area contributed by atoms with Crippen molar-refractivity contribution >= 4 is 23.7 Å². The second-order valence-electron chi connectivity index (χ2n) is 9.84. The second kappa shape index (κ2) is 8.36. The lowest BCUT2D eigenvalue weighted by molar-refractivity contribution is -0.224. The van der Waals surface area contributed by atoms with Crippen LogP contribution < -0.4 is 0 Å². The average Bonchev–Trinajstić information content (AvgIpc) is 2.90. The van der Waals surface area contributed by atoms with Gasteiger partial charge in [-0.3, -0.25) is 19.2 Å². The first-order valence-electron chi connectivity index (χ1n) is 11.1. The van der Waals surface area contributed by atoms with E-state index in [0.717, 1.165) is 12.5 Å². The summed E-state index contributed by atoms with van der Waals surface area (Å²) >= 11 is 0. The first kappa shape index (κ1) is 25.1. The van der Waals surface area contributed by atoms with Crippen LogP contribution in [0.3, 0.4) is 0 Å². The van der Waals surface area contributed by atoms with E-state index in [4.69, 9.17) is 14.2 Å². The van der Waals surface area contributed by atoms with Gasteiger partial charge in [0.05, 0.1) is 5.92 Å². The van der Waals surface area contributed by atoms with Crippen molar-refractivity contribution in [1.82, 2.24) is 0 Å². The highest BCUT2D eigenvalue weighted by Crippen LogP contribution is 2.54. The SMILES string of the molecule is CC(=O)O[C@@H]1[C@@H]2[C@](C)(C=CC(=O)[C@@]2(C)O)[C@H](OC(C)=O)CC/C(C)=C\[C@@H]2OC(=O)[C@H](C)[C@]21O. The van der Waals surface area contributed by atoms with Crippen LogP contribution >= 0.6 is 0 Å². The van der Waals surface area contributed by atoms with Crippen molar-refractivity contribution < 1.29 is 43.6 Å². The maximum Gasteiger partial charge on any atom is 0.312 e. The van der Waals surface area contributed by atoms with Gasteiger partial charge in [0.15, 0.2) is 17.5 Å². The van der Waals surface area contributed by atoms with E-state index in [1.54, 1.807) is 19.9 Å². The molecule has 1 fully saturated rings. The number of allylic oxidation sites excluding steroid dienone is 1. The lowest BCUT2D eigenvalue weighted by Crippen LogP contribution is -2.68. The predicted molar refractivity (Wildman–Crippen MR) is 114 cm³/mol. The van der Waals surface area contributed by atoms with E-state index in [0.29, 0.717) is 12.8 Å². The molecule has 2 aliphatic carbocycles. The van der Waals surface area contributed by atoms with Crippen LogP contribution in [-0.2, 0) is 33.4 Å². The summed E-state index contributed by atoms with van der Waals surface area (Å²) < 4.78 is 16.8. The molecule has 0 spiro atoms. The minimum atomic E-state index is -2.12. The second-order valence-corrected chi connectivity index (χ2v) is 9.84. The van der Waals surface area contributed by atoms with Crippen molar-refractivity contribution in [2.45, 2.75) is 83.9 Å². The summed E-state index contributed by atoms with van der Waals surface area (Å²) in [7, 11) is 0. The fraction of sp³-hybridized carbons (Fsp3) is 0.667. The molecule has 1 aliphatic heterocycles. The van der Waals surface area contributed by atoms with Crippen LogP contribution in [0.25, 0.3) is 0 Å². The third kappa shape index (κ3) is 4.01. The Balaban J connectivity index is 2.36. The van der Waals surface area contributed by atoms with Crippen molar-refractivity contribution in [2.24, 2.45) is 17.3 Å². The van der Waals surface area contributed by atoms with E-state index < -0.39 is 70.5 Å². The summed E-state index contributed by atoms with van der Waals surface area (Å²) in [6.07, 6.45) is 1.54. The number of carbonyl (C=O) groups excluding carboxylic acids is 4. The van der Waals surface area contributed by atoms with Crippen LogP contribution in [0.5, 0.6) is 0 Å². The molecular formula is C24H32O9. The molecule has 9 heteroatoms. The Morgan fingerprint density at radius 2 is 1.73 bits per heavy atom. The predicted octanol–water partition coefficient (Wildman–Crippen LogP) is 1.39. The zero-order valence-electron chi connectivity index (χ0n) is 19.8. The molecule has 9 nitrogen and oxygen atoms in total. The number of esters is 3. The summed E-state index contributed by atoms with van der Waals surface area (Å²) in [5.41, 5.74) is -4.69. The summed E-state index contributed by atoms with van der Waals surface area (Å²) in [5, 5.41) is 23.5. The van der Waals surface area contributed by atoms with Crippen LogP contribution in [0.4, 0.5) is 0 Å². The Labute approximate surface area is 192 Å². The Morgan fingerprint density at radius 1 is 1.12 bits per heavy atom. The third-order valence-corrected chi connectivity index (χ3v) is 7.40. The number of aliphatic hydroxyl groups is 2. The van der Waals surface area contributed by atoms with Crippen molar-refractivity contribution in [3.63, 3.8) is 0 Å². The van der Waals surface area contributed by atoms with Gasteiger partial charge in [-0.2, -0.15) is 0 Å². The molecule has 8 atom stereocenters. The van der Waals surface area contributed by atoms with E-state index in [2.05, 4.69) is 0 Å². The number of hydrogen-bond donors (Lipinski definition) is 2. The highest BCUT2D eigenvalue weighted by Gasteiger charge is 2.68. The first-order valence-corrected chi connectivity index (χ1v) is 11.1. The van der Waals surface area contributed by atoms with Crippen molar-refractivity contribution in [3.8, 4) is 0 Å². The third-order valence-electron chi connectivity index (χ3n) is 7.40. The van der Waals surface area contributed by atoms with Gasteiger partial charge in [-0.1, -0.05) is 18.6 Å². The molecule has 0 radical (unpaired) electrons. The van der Waals surface area contributed by atoms with Crippen LogP contribution in [0.15, 0.2) is 23.8 Å². The van der Waals surface area contributed by atoms with Gasteiger partial charge in [0.2, 0.25) is 0 Å². The molecule has 0 aromatic carbocycles. The van der Waals surface area contributed by atoms with Crippen molar-refractivity contribution in [3.05, 3.63) is 23.8 Å². The zero-order chi connectivity index (χ0) is 24.9. The van der Waals surface area contributed by atoms with E-state index in [1.165, 1.54) is 32.9 Å². The van der Waals surface area contributed by atoms with Gasteiger partial charge < -0.3 is 24.4 Å². The highest BCUT2D eigenvalue weighted by atomic mass is 16.6. The molecule has 2 N–H and O–H groups in total. The van der Waals surface area contributed by atoms with Gasteiger partial charge in [-0.15, -0.1) is 0 Å². The Bertz CT molecular complexity index is 932. The maximum absolute atomic E-state index is 12.8. The Kier molecular flexibility index (Phi) is 6.36. The number of fused-ring (bicyclic) bond motifs is 2. The molecule has 0 aromatic rings. The largest absolute Gasteiger partial charge is 0.462 e. The Morgan fingerprint density at radius 3 is 2.30 bits per heavy atom. The molecule has 0 unspecified atom stereocenters. The zero-order valence-corrected chi connectivity index (χ0v) is 19.8. The highest BCUT2D eigenvalue weighted by molar-refractivity contribution is 5.98. The monoisotopic (exact) mass is 464 g/mol. The molecule has 0 amide bonds. The maximum atomic E-state index is 12.8. The average molecular weight is 465 g/mol. The van der Waals surface area contributed by atoms with E-state index in [9.17, 15) is 29.4 Å². The molecule has 0 bridgehead atoms. The number of hydrogen-bond acceptors (Lipinski definition) is 9. The summed E-state index contributed by atoms with van der Waals surface area (Å²) in [6, 6.07) is 0. The summed E-state index contributed by atoms with van der Waals surface area (Å²) in [5.74, 6) is -5.10. The number of carbonyl (C=O) groups is 4. The fourth-order valence-electron chi connectivity index (χ4n) is 5.55. The van der Waals surface area contributed by atoms with Crippen LogP contribution in [-0.4, -0.2) is 63.4 Å². The minimum Gasteiger partial charge on any atom is -0.462 e. The van der Waals surface area contributed by atoms with E-state index >= 15 is 0 Å². The van der Waals surface area contributed by atoms with Gasteiger partial charge >= 0.3 is 17.9 Å². The number of ketones is 1. The summed E-state index contributed by atoms with van der Waals surface area (Å²) in [4.78, 5) is 49.7. The standard InChI is InChI=1S/C24H32O9/c1-12-7-8-17(31-14(3)25)22(5)10-9-16(27)23(6,29)19(22)20(32-15(4)26)24(30)13(2)21(28)33-18(24)11-12/h9-11,13,17-20,29-30H,7-8H2,1-6H3/b12-11-/t13-,17+,18-,19+,20+,22+,23+,24-/m0/s1. The van der Waals surface area contributed by atoms with E-state index in [-0.39, 0.29) is 0 Å². The molecule has 0 saturated carbocycles. The topological polar surface area (TPSA) is 136 Å². The quantitative estimate of drug-likeness (QED) is 0.353.